The molecule has 0 spiro atoms. The zero-order valence-electron chi connectivity index (χ0n) is 18.1. The molecule has 0 saturated carbocycles. The highest BCUT2D eigenvalue weighted by atomic mass is 32.2. The van der Waals surface area contributed by atoms with Crippen molar-refractivity contribution in [3.63, 3.8) is 0 Å². The summed E-state index contributed by atoms with van der Waals surface area (Å²) in [6, 6.07) is 12.2. The molecule has 0 bridgehead atoms. The van der Waals surface area contributed by atoms with Crippen LogP contribution >= 0.6 is 0 Å². The fourth-order valence-corrected chi connectivity index (χ4v) is 4.70. The smallest absolute Gasteiger partial charge is 0.264 e. The van der Waals surface area contributed by atoms with E-state index in [2.05, 4.69) is 10.3 Å². The molecule has 0 aliphatic carbocycles. The molecule has 164 valence electrons. The highest BCUT2D eigenvalue weighted by molar-refractivity contribution is 7.92. The first kappa shape index (κ1) is 22.6. The Hall–Kier alpha value is -3.13. The van der Waals surface area contributed by atoms with Crippen LogP contribution in [-0.4, -0.2) is 37.0 Å². The summed E-state index contributed by atoms with van der Waals surface area (Å²) >= 11 is 0. The molecular formula is C23H28N4O3S. The van der Waals surface area contributed by atoms with Crippen molar-refractivity contribution in [1.82, 2.24) is 14.9 Å². The lowest BCUT2D eigenvalue weighted by Gasteiger charge is -2.26. The summed E-state index contributed by atoms with van der Waals surface area (Å²) in [7, 11) is -3.91. The van der Waals surface area contributed by atoms with Gasteiger partial charge in [-0.25, -0.2) is 13.4 Å². The molecule has 1 amide bonds. The zero-order valence-corrected chi connectivity index (χ0v) is 18.9. The molecule has 7 nitrogen and oxygen atoms in total. The second-order valence-electron chi connectivity index (χ2n) is 7.62. The molecule has 0 atom stereocenters. The van der Waals surface area contributed by atoms with E-state index in [0.29, 0.717) is 12.2 Å². The fourth-order valence-electron chi connectivity index (χ4n) is 3.22. The van der Waals surface area contributed by atoms with Crippen molar-refractivity contribution in [3.05, 3.63) is 77.9 Å². The average Bonchev–Trinajstić information content (AvgIpc) is 3.25. The van der Waals surface area contributed by atoms with E-state index < -0.39 is 10.0 Å². The van der Waals surface area contributed by atoms with Crippen LogP contribution < -0.4 is 9.62 Å². The number of nitrogens with one attached hydrogen (secondary N) is 1. The van der Waals surface area contributed by atoms with Crippen molar-refractivity contribution in [2.75, 3.05) is 17.4 Å². The Morgan fingerprint density at radius 1 is 1.06 bits per heavy atom. The molecule has 0 fully saturated rings. The molecule has 0 aliphatic rings. The summed E-state index contributed by atoms with van der Waals surface area (Å²) in [6.45, 7) is 6.53. The van der Waals surface area contributed by atoms with Gasteiger partial charge in [0.2, 0.25) is 5.91 Å². The van der Waals surface area contributed by atoms with Crippen molar-refractivity contribution in [1.29, 1.82) is 0 Å². The van der Waals surface area contributed by atoms with E-state index in [-0.39, 0.29) is 17.3 Å². The van der Waals surface area contributed by atoms with E-state index >= 15 is 0 Å². The third-order valence-electron chi connectivity index (χ3n) is 5.00. The maximum atomic E-state index is 13.5. The maximum absolute atomic E-state index is 13.5. The number of amides is 1. The quantitative estimate of drug-likeness (QED) is 0.518. The van der Waals surface area contributed by atoms with Gasteiger partial charge in [0, 0.05) is 25.5 Å². The van der Waals surface area contributed by atoms with Gasteiger partial charge in [0.25, 0.3) is 10.0 Å². The van der Waals surface area contributed by atoms with E-state index in [9.17, 15) is 13.2 Å². The predicted octanol–water partition coefficient (Wildman–Crippen LogP) is 3.21. The van der Waals surface area contributed by atoms with Gasteiger partial charge in [-0.05, 0) is 56.5 Å². The summed E-state index contributed by atoms with van der Waals surface area (Å²) in [5.41, 5.74) is 3.18. The molecule has 0 aliphatic heterocycles. The Morgan fingerprint density at radius 2 is 1.77 bits per heavy atom. The lowest BCUT2D eigenvalue weighted by atomic mass is 10.1. The molecular weight excluding hydrogens is 412 g/mol. The summed E-state index contributed by atoms with van der Waals surface area (Å²) in [5.74, 6) is -0.345. The number of hydrogen-bond acceptors (Lipinski definition) is 4. The van der Waals surface area contributed by atoms with E-state index in [0.717, 1.165) is 29.7 Å². The normalized spacial score (nSPS) is 11.3. The number of imidazole rings is 1. The monoisotopic (exact) mass is 440 g/mol. The minimum absolute atomic E-state index is 0.159. The third kappa shape index (κ3) is 5.73. The van der Waals surface area contributed by atoms with Crippen LogP contribution in [0.2, 0.25) is 0 Å². The minimum atomic E-state index is -3.91. The van der Waals surface area contributed by atoms with E-state index in [1.165, 1.54) is 4.31 Å². The maximum Gasteiger partial charge on any atom is 0.264 e. The highest BCUT2D eigenvalue weighted by Gasteiger charge is 2.28. The first-order valence-corrected chi connectivity index (χ1v) is 11.6. The Bertz CT molecular complexity index is 1120. The molecule has 1 N–H and O–H groups in total. The number of rotatable bonds is 9. The van der Waals surface area contributed by atoms with Gasteiger partial charge in [-0.1, -0.05) is 29.8 Å². The number of aryl methyl sites for hydroxylation is 4. The van der Waals surface area contributed by atoms with Crippen molar-refractivity contribution in [3.8, 4) is 0 Å². The molecule has 0 radical (unpaired) electrons. The van der Waals surface area contributed by atoms with E-state index in [1.54, 1.807) is 42.9 Å². The average molecular weight is 441 g/mol. The lowest BCUT2D eigenvalue weighted by molar-refractivity contribution is -0.119. The number of carbonyl (C=O) groups is 1. The minimum Gasteiger partial charge on any atom is -0.354 e. The van der Waals surface area contributed by atoms with Crippen LogP contribution in [0.1, 0.15) is 23.1 Å². The summed E-state index contributed by atoms with van der Waals surface area (Å²) in [5, 5.41) is 2.83. The Kier molecular flexibility index (Phi) is 7.12. The first-order chi connectivity index (χ1) is 14.8. The lowest BCUT2D eigenvalue weighted by Crippen LogP contribution is -2.41. The van der Waals surface area contributed by atoms with Crippen molar-refractivity contribution < 1.29 is 13.2 Å². The topological polar surface area (TPSA) is 84.3 Å². The molecule has 1 heterocycles. The number of benzene rings is 2. The molecule has 3 rings (SSSR count). The number of nitrogens with zero attached hydrogens (tertiary/aromatic N) is 3. The number of anilines is 1. The number of carbonyl (C=O) groups excluding carboxylic acids is 1. The second kappa shape index (κ2) is 9.78. The first-order valence-electron chi connectivity index (χ1n) is 10.2. The standard InChI is InChI=1S/C23H28N4O3S/c1-18-6-9-21(10-7-18)31(29,30)27(22-15-19(2)5-8-20(22)3)16-23(28)25-11-4-13-26-14-12-24-17-26/h5-10,12,14-15,17H,4,11,13,16H2,1-3H3,(H,25,28). The van der Waals surface area contributed by atoms with Crippen molar-refractivity contribution in [2.24, 2.45) is 0 Å². The summed E-state index contributed by atoms with van der Waals surface area (Å²) < 4.78 is 30.1. The van der Waals surface area contributed by atoms with Crippen LogP contribution in [0.25, 0.3) is 0 Å². The van der Waals surface area contributed by atoms with Crippen molar-refractivity contribution >= 4 is 21.6 Å². The van der Waals surface area contributed by atoms with Gasteiger partial charge in [0.15, 0.2) is 0 Å². The predicted molar refractivity (Wildman–Crippen MR) is 121 cm³/mol. The van der Waals surface area contributed by atoms with Crippen LogP contribution in [0.5, 0.6) is 0 Å². The van der Waals surface area contributed by atoms with Gasteiger partial charge in [-0.2, -0.15) is 0 Å². The molecule has 2 aromatic carbocycles. The molecule has 3 aromatic rings. The molecule has 1 aromatic heterocycles. The van der Waals surface area contributed by atoms with Crippen LogP contribution in [0, 0.1) is 20.8 Å². The van der Waals surface area contributed by atoms with E-state index in [1.807, 2.05) is 43.7 Å². The number of hydrogen-bond donors (Lipinski definition) is 1. The van der Waals surface area contributed by atoms with Crippen LogP contribution in [0.15, 0.2) is 66.1 Å². The number of sulfonamides is 1. The Morgan fingerprint density at radius 3 is 2.45 bits per heavy atom. The molecule has 31 heavy (non-hydrogen) atoms. The molecule has 0 unspecified atom stereocenters. The van der Waals surface area contributed by atoms with Crippen LogP contribution in [0.4, 0.5) is 5.69 Å². The number of aromatic nitrogens is 2. The van der Waals surface area contributed by atoms with Gasteiger partial charge >= 0.3 is 0 Å². The van der Waals surface area contributed by atoms with Gasteiger partial charge in [0.05, 0.1) is 16.9 Å². The summed E-state index contributed by atoms with van der Waals surface area (Å²) in [6.07, 6.45) is 6.00. The zero-order chi connectivity index (χ0) is 22.4. The molecule has 0 saturated heterocycles. The fraction of sp³-hybridized carbons (Fsp3) is 0.304. The van der Waals surface area contributed by atoms with Gasteiger partial charge in [-0.15, -0.1) is 0 Å². The second-order valence-corrected chi connectivity index (χ2v) is 9.48. The van der Waals surface area contributed by atoms with Gasteiger partial charge < -0.3 is 9.88 Å². The largest absolute Gasteiger partial charge is 0.354 e. The molecule has 8 heteroatoms. The Labute approximate surface area is 183 Å². The van der Waals surface area contributed by atoms with Gasteiger partial charge in [-0.3, -0.25) is 9.10 Å². The van der Waals surface area contributed by atoms with Crippen LogP contribution in [0.3, 0.4) is 0 Å². The van der Waals surface area contributed by atoms with Gasteiger partial charge in [0.1, 0.15) is 6.54 Å². The van der Waals surface area contributed by atoms with E-state index in [4.69, 9.17) is 0 Å². The Balaban J connectivity index is 1.79. The van der Waals surface area contributed by atoms with Crippen molar-refractivity contribution in [2.45, 2.75) is 38.6 Å². The summed E-state index contributed by atoms with van der Waals surface area (Å²) in [4.78, 5) is 16.8. The highest BCUT2D eigenvalue weighted by Crippen LogP contribution is 2.28. The SMILES string of the molecule is Cc1ccc(S(=O)(=O)N(CC(=O)NCCCn2ccnc2)c2cc(C)ccc2C)cc1. The van der Waals surface area contributed by atoms with Crippen LogP contribution in [-0.2, 0) is 21.4 Å². The third-order valence-corrected chi connectivity index (χ3v) is 6.78.